The third-order valence-electron chi connectivity index (χ3n) is 2.57. The van der Waals surface area contributed by atoms with Crippen LogP contribution in [0.3, 0.4) is 0 Å². The largest absolute Gasteiger partial charge is 0.486 e. The Kier molecular flexibility index (Phi) is 3.61. The highest BCUT2D eigenvalue weighted by Gasteiger charge is 2.31. The molecule has 0 atom stereocenters. The second-order valence-electron chi connectivity index (χ2n) is 4.22. The molecule has 0 saturated heterocycles. The summed E-state index contributed by atoms with van der Waals surface area (Å²) in [6, 6.07) is 2.34. The van der Waals surface area contributed by atoms with Crippen LogP contribution in [-0.4, -0.2) is 21.6 Å². The minimum absolute atomic E-state index is 0.0910. The fourth-order valence-corrected chi connectivity index (χ4v) is 2.81. The van der Waals surface area contributed by atoms with Gasteiger partial charge in [0.25, 0.3) is 5.92 Å². The summed E-state index contributed by atoms with van der Waals surface area (Å²) in [5.41, 5.74) is -0.521. The van der Waals surface area contributed by atoms with Gasteiger partial charge in [-0.05, 0) is 17.7 Å². The maximum atomic E-state index is 13.5. The molecule has 2 rings (SSSR count). The van der Waals surface area contributed by atoms with E-state index in [1.54, 1.807) is 0 Å². The summed E-state index contributed by atoms with van der Waals surface area (Å²) in [4.78, 5) is 0. The summed E-state index contributed by atoms with van der Waals surface area (Å²) in [7, 11) is 1.18. The molecule has 0 aromatic heterocycles. The summed E-state index contributed by atoms with van der Waals surface area (Å²) in [5, 5.41) is 0. The molecular weight excluding hydrogens is 302 g/mol. The molecular formula is C11H11ClF2O4S. The zero-order chi connectivity index (χ0) is 14.3. The Morgan fingerprint density at radius 2 is 1.79 bits per heavy atom. The van der Waals surface area contributed by atoms with Crippen LogP contribution in [0.5, 0.6) is 11.5 Å². The minimum atomic E-state index is -3.94. The minimum Gasteiger partial charge on any atom is -0.486 e. The summed E-state index contributed by atoms with van der Waals surface area (Å²) < 4.78 is 59.7. The first kappa shape index (κ1) is 14.3. The second-order valence-corrected chi connectivity index (χ2v) is 7.00. The van der Waals surface area contributed by atoms with Crippen LogP contribution in [-0.2, 0) is 20.7 Å². The van der Waals surface area contributed by atoms with Gasteiger partial charge in [0, 0.05) is 23.2 Å². The lowest BCUT2D eigenvalue weighted by atomic mass is 10.0. The van der Waals surface area contributed by atoms with Crippen LogP contribution in [0.4, 0.5) is 8.78 Å². The molecule has 106 valence electrons. The number of fused-ring (bicyclic) bond motifs is 1. The van der Waals surface area contributed by atoms with Gasteiger partial charge in [-0.25, -0.2) is 17.2 Å². The SMILES string of the molecule is CC(F)(F)c1cc2c(cc1CS(=O)(=O)Cl)OCCO2. The monoisotopic (exact) mass is 312 g/mol. The molecule has 0 radical (unpaired) electrons. The van der Waals surface area contributed by atoms with Crippen molar-refractivity contribution in [3.8, 4) is 11.5 Å². The molecule has 0 aliphatic carbocycles. The number of hydrogen-bond acceptors (Lipinski definition) is 4. The predicted octanol–water partition coefficient (Wildman–Crippen LogP) is 2.64. The van der Waals surface area contributed by atoms with Crippen LogP contribution in [0.25, 0.3) is 0 Å². The van der Waals surface area contributed by atoms with E-state index in [2.05, 4.69) is 0 Å². The van der Waals surface area contributed by atoms with Crippen molar-refractivity contribution in [3.05, 3.63) is 23.3 Å². The van der Waals surface area contributed by atoms with Gasteiger partial charge in [0.2, 0.25) is 9.05 Å². The van der Waals surface area contributed by atoms with E-state index in [9.17, 15) is 17.2 Å². The van der Waals surface area contributed by atoms with Crippen LogP contribution in [0.15, 0.2) is 12.1 Å². The third kappa shape index (κ3) is 3.48. The van der Waals surface area contributed by atoms with Gasteiger partial charge in [-0.15, -0.1) is 0 Å². The number of benzene rings is 1. The van der Waals surface area contributed by atoms with Gasteiger partial charge in [0.05, 0.1) is 5.75 Å². The molecule has 1 aliphatic rings. The molecule has 1 aromatic carbocycles. The van der Waals surface area contributed by atoms with Crippen molar-refractivity contribution in [2.75, 3.05) is 13.2 Å². The van der Waals surface area contributed by atoms with Crippen LogP contribution >= 0.6 is 10.7 Å². The average Bonchev–Trinajstić information content (AvgIpc) is 2.24. The summed E-state index contributed by atoms with van der Waals surface area (Å²) in [6.45, 7) is 1.22. The Labute approximate surface area is 113 Å². The van der Waals surface area contributed by atoms with E-state index in [0.29, 0.717) is 6.92 Å². The molecule has 0 N–H and O–H groups in total. The zero-order valence-corrected chi connectivity index (χ0v) is 11.5. The van der Waals surface area contributed by atoms with Gasteiger partial charge in [-0.2, -0.15) is 0 Å². The fourth-order valence-electron chi connectivity index (χ4n) is 1.84. The molecule has 0 unspecified atom stereocenters. The number of hydrogen-bond donors (Lipinski definition) is 0. The zero-order valence-electron chi connectivity index (χ0n) is 9.95. The quantitative estimate of drug-likeness (QED) is 0.805. The van der Waals surface area contributed by atoms with Gasteiger partial charge in [0.1, 0.15) is 13.2 Å². The van der Waals surface area contributed by atoms with E-state index in [0.717, 1.165) is 6.07 Å². The van der Waals surface area contributed by atoms with E-state index in [-0.39, 0.29) is 30.3 Å². The van der Waals surface area contributed by atoms with Gasteiger partial charge in [-0.1, -0.05) is 0 Å². The first-order chi connectivity index (χ1) is 8.67. The first-order valence-corrected chi connectivity index (χ1v) is 7.88. The van der Waals surface area contributed by atoms with Crippen molar-refractivity contribution in [2.45, 2.75) is 18.6 Å². The molecule has 0 spiro atoms. The van der Waals surface area contributed by atoms with Gasteiger partial charge >= 0.3 is 0 Å². The molecule has 0 bridgehead atoms. The highest BCUT2D eigenvalue weighted by Crippen LogP contribution is 2.40. The first-order valence-electron chi connectivity index (χ1n) is 5.40. The van der Waals surface area contributed by atoms with Crippen molar-refractivity contribution in [1.82, 2.24) is 0 Å². The Morgan fingerprint density at radius 3 is 2.26 bits per heavy atom. The molecule has 4 nitrogen and oxygen atoms in total. The van der Waals surface area contributed by atoms with Gasteiger partial charge in [0.15, 0.2) is 11.5 Å². The predicted molar refractivity (Wildman–Crippen MR) is 65.5 cm³/mol. The maximum Gasteiger partial charge on any atom is 0.270 e. The Hall–Kier alpha value is -1.08. The topological polar surface area (TPSA) is 52.6 Å². The number of rotatable bonds is 3. The Morgan fingerprint density at radius 1 is 1.26 bits per heavy atom. The molecule has 1 aromatic rings. The van der Waals surface area contributed by atoms with Crippen molar-refractivity contribution >= 4 is 19.7 Å². The highest BCUT2D eigenvalue weighted by atomic mass is 35.7. The van der Waals surface area contributed by atoms with Crippen molar-refractivity contribution < 1.29 is 26.7 Å². The van der Waals surface area contributed by atoms with Gasteiger partial charge in [-0.3, -0.25) is 0 Å². The second kappa shape index (κ2) is 4.79. The number of alkyl halides is 2. The summed E-state index contributed by atoms with van der Waals surface area (Å²) in [6.07, 6.45) is 0. The molecule has 8 heteroatoms. The smallest absolute Gasteiger partial charge is 0.270 e. The molecule has 19 heavy (non-hydrogen) atoms. The van der Waals surface area contributed by atoms with Crippen LogP contribution in [0.1, 0.15) is 18.1 Å². The average molecular weight is 313 g/mol. The lowest BCUT2D eigenvalue weighted by Crippen LogP contribution is -2.18. The molecule has 1 aliphatic heterocycles. The van der Waals surface area contributed by atoms with Crippen LogP contribution in [0, 0.1) is 0 Å². The van der Waals surface area contributed by atoms with E-state index in [1.807, 2.05) is 0 Å². The standard InChI is InChI=1S/C11H11ClF2O4S/c1-11(13,14)8-5-10-9(17-2-3-18-10)4-7(8)6-19(12,15)16/h4-5H,2-3,6H2,1H3. The van der Waals surface area contributed by atoms with Gasteiger partial charge < -0.3 is 9.47 Å². The lowest BCUT2D eigenvalue weighted by Gasteiger charge is -2.23. The normalized spacial score (nSPS) is 15.4. The third-order valence-corrected chi connectivity index (χ3v) is 3.55. The van der Waals surface area contributed by atoms with E-state index in [1.165, 1.54) is 6.07 Å². The number of ether oxygens (including phenoxy) is 2. The highest BCUT2D eigenvalue weighted by molar-refractivity contribution is 8.13. The fraction of sp³-hybridized carbons (Fsp3) is 0.455. The lowest BCUT2D eigenvalue weighted by molar-refractivity contribution is 0.0162. The molecule has 1 heterocycles. The van der Waals surface area contributed by atoms with E-state index in [4.69, 9.17) is 20.2 Å². The maximum absolute atomic E-state index is 13.5. The van der Waals surface area contributed by atoms with E-state index < -0.39 is 26.3 Å². The Balaban J connectivity index is 2.55. The molecule has 0 saturated carbocycles. The van der Waals surface area contributed by atoms with Crippen molar-refractivity contribution in [2.24, 2.45) is 0 Å². The van der Waals surface area contributed by atoms with Crippen LogP contribution in [0.2, 0.25) is 0 Å². The number of halogens is 3. The van der Waals surface area contributed by atoms with Crippen LogP contribution < -0.4 is 9.47 Å². The Bertz CT molecular complexity index is 595. The molecule has 0 amide bonds. The summed E-state index contributed by atoms with van der Waals surface area (Å²) >= 11 is 0. The van der Waals surface area contributed by atoms with Crippen molar-refractivity contribution in [3.63, 3.8) is 0 Å². The van der Waals surface area contributed by atoms with E-state index >= 15 is 0 Å². The summed E-state index contributed by atoms with van der Waals surface area (Å²) in [5.74, 6) is -3.47. The van der Waals surface area contributed by atoms with Crippen molar-refractivity contribution in [1.29, 1.82) is 0 Å². The molecule has 0 fully saturated rings.